The molecule has 0 spiro atoms. The maximum atomic E-state index is 5.78. The van der Waals surface area contributed by atoms with Crippen molar-refractivity contribution in [1.82, 2.24) is 15.6 Å². The van der Waals surface area contributed by atoms with E-state index in [4.69, 9.17) is 4.74 Å². The second kappa shape index (κ2) is 14.9. The Morgan fingerprint density at radius 1 is 1.19 bits per heavy atom. The Kier molecular flexibility index (Phi) is 14.3. The van der Waals surface area contributed by atoms with E-state index in [9.17, 15) is 0 Å². The molecule has 0 aliphatic carbocycles. The minimum absolute atomic E-state index is 0. The standard InChI is InChI=1S/C20H37N5O.HI/c1-7-25(8-2)19-11-10-17(14-23-19)15-24-20(21-6)22-13-12-18(16(4)5)26-9-3;/h10-11,14,16,18H,7-9,12-13,15H2,1-6H3,(H2,21,22,24);1H. The molecule has 0 aliphatic rings. The van der Waals surface area contributed by atoms with Crippen LogP contribution in [0.15, 0.2) is 23.3 Å². The maximum Gasteiger partial charge on any atom is 0.191 e. The van der Waals surface area contributed by atoms with Crippen LogP contribution < -0.4 is 15.5 Å². The smallest absolute Gasteiger partial charge is 0.191 e. The second-order valence-electron chi connectivity index (χ2n) is 6.58. The van der Waals surface area contributed by atoms with Crippen LogP contribution in [0.4, 0.5) is 5.82 Å². The SMILES string of the molecule is CCOC(CCNC(=NC)NCc1ccc(N(CC)CC)nc1)C(C)C.I. The van der Waals surface area contributed by atoms with Gasteiger partial charge < -0.3 is 20.3 Å². The van der Waals surface area contributed by atoms with E-state index in [0.717, 1.165) is 50.0 Å². The predicted octanol–water partition coefficient (Wildman–Crippen LogP) is 3.66. The molecule has 1 aromatic rings. The topological polar surface area (TPSA) is 61.8 Å². The van der Waals surface area contributed by atoms with Crippen LogP contribution in [0.2, 0.25) is 0 Å². The highest BCUT2D eigenvalue weighted by Gasteiger charge is 2.13. The lowest BCUT2D eigenvalue weighted by Crippen LogP contribution is -2.39. The molecule has 1 atom stereocenters. The number of rotatable bonds is 11. The predicted molar refractivity (Wildman–Crippen MR) is 126 cm³/mol. The molecule has 6 nitrogen and oxygen atoms in total. The fraction of sp³-hybridized carbons (Fsp3) is 0.700. The first-order valence-corrected chi connectivity index (χ1v) is 9.81. The molecule has 7 heteroatoms. The summed E-state index contributed by atoms with van der Waals surface area (Å²) < 4.78 is 5.78. The zero-order chi connectivity index (χ0) is 19.4. The molecule has 0 aromatic carbocycles. The number of ether oxygens (including phenoxy) is 1. The van der Waals surface area contributed by atoms with E-state index in [-0.39, 0.29) is 30.1 Å². The van der Waals surface area contributed by atoms with Crippen LogP contribution in [0.25, 0.3) is 0 Å². The summed E-state index contributed by atoms with van der Waals surface area (Å²) in [5, 5.41) is 6.70. The third-order valence-corrected chi connectivity index (χ3v) is 4.43. The molecule has 0 radical (unpaired) electrons. The molecular formula is C20H38IN5O. The molecule has 1 aromatic heterocycles. The zero-order valence-electron chi connectivity index (χ0n) is 17.8. The number of nitrogens with zero attached hydrogens (tertiary/aromatic N) is 3. The Balaban J connectivity index is 0.00000676. The van der Waals surface area contributed by atoms with Gasteiger partial charge in [-0.3, -0.25) is 4.99 Å². The van der Waals surface area contributed by atoms with Gasteiger partial charge in [-0.05, 0) is 44.7 Å². The first-order valence-electron chi connectivity index (χ1n) is 9.81. The minimum Gasteiger partial charge on any atom is -0.378 e. The van der Waals surface area contributed by atoms with Crippen molar-refractivity contribution in [3.63, 3.8) is 0 Å². The van der Waals surface area contributed by atoms with Gasteiger partial charge in [-0.2, -0.15) is 0 Å². The Hall–Kier alpha value is -1.09. The molecule has 1 unspecified atom stereocenters. The minimum atomic E-state index is 0. The summed E-state index contributed by atoms with van der Waals surface area (Å²) in [6, 6.07) is 4.19. The van der Waals surface area contributed by atoms with Gasteiger partial charge in [0, 0.05) is 46.0 Å². The maximum absolute atomic E-state index is 5.78. The van der Waals surface area contributed by atoms with Gasteiger partial charge in [0.2, 0.25) is 0 Å². The van der Waals surface area contributed by atoms with E-state index >= 15 is 0 Å². The van der Waals surface area contributed by atoms with Crippen LogP contribution >= 0.6 is 24.0 Å². The zero-order valence-corrected chi connectivity index (χ0v) is 20.1. The van der Waals surface area contributed by atoms with Crippen molar-refractivity contribution >= 4 is 35.8 Å². The molecule has 1 rings (SSSR count). The molecular weight excluding hydrogens is 453 g/mol. The second-order valence-corrected chi connectivity index (χ2v) is 6.58. The van der Waals surface area contributed by atoms with Gasteiger partial charge in [-0.1, -0.05) is 19.9 Å². The fourth-order valence-electron chi connectivity index (χ4n) is 2.82. The average Bonchev–Trinajstić information content (AvgIpc) is 2.65. The van der Waals surface area contributed by atoms with Crippen LogP contribution in [0.3, 0.4) is 0 Å². The number of nitrogens with one attached hydrogen (secondary N) is 2. The van der Waals surface area contributed by atoms with Gasteiger partial charge in [0.05, 0.1) is 6.10 Å². The normalized spacial score (nSPS) is 12.5. The van der Waals surface area contributed by atoms with Crippen molar-refractivity contribution in [3.8, 4) is 0 Å². The first kappa shape index (κ1) is 25.9. The fourth-order valence-corrected chi connectivity index (χ4v) is 2.82. The lowest BCUT2D eigenvalue weighted by Gasteiger charge is -2.21. The Bertz CT molecular complexity index is 518. The summed E-state index contributed by atoms with van der Waals surface area (Å²) in [6.45, 7) is 15.0. The summed E-state index contributed by atoms with van der Waals surface area (Å²) >= 11 is 0. The van der Waals surface area contributed by atoms with Gasteiger partial charge in [0.15, 0.2) is 5.96 Å². The van der Waals surface area contributed by atoms with Crippen molar-refractivity contribution in [3.05, 3.63) is 23.9 Å². The quantitative estimate of drug-likeness (QED) is 0.281. The van der Waals surface area contributed by atoms with Crippen LogP contribution in [-0.4, -0.2) is 50.3 Å². The Morgan fingerprint density at radius 3 is 2.37 bits per heavy atom. The van der Waals surface area contributed by atoms with Crippen molar-refractivity contribution in [2.45, 2.75) is 53.7 Å². The van der Waals surface area contributed by atoms with Gasteiger partial charge >= 0.3 is 0 Å². The van der Waals surface area contributed by atoms with Gasteiger partial charge in [0.1, 0.15) is 5.82 Å². The number of guanidine groups is 1. The summed E-state index contributed by atoms with van der Waals surface area (Å²) in [6.07, 6.45) is 3.17. The van der Waals surface area contributed by atoms with Crippen LogP contribution in [0.5, 0.6) is 0 Å². The highest BCUT2D eigenvalue weighted by atomic mass is 127. The third kappa shape index (κ3) is 9.60. The highest BCUT2D eigenvalue weighted by Crippen LogP contribution is 2.11. The van der Waals surface area contributed by atoms with Crippen molar-refractivity contribution in [1.29, 1.82) is 0 Å². The van der Waals surface area contributed by atoms with Crippen molar-refractivity contribution in [2.24, 2.45) is 10.9 Å². The molecule has 27 heavy (non-hydrogen) atoms. The number of hydrogen-bond donors (Lipinski definition) is 2. The molecule has 2 N–H and O–H groups in total. The number of aromatic nitrogens is 1. The van der Waals surface area contributed by atoms with E-state index in [1.165, 1.54) is 0 Å². The largest absolute Gasteiger partial charge is 0.378 e. The number of halogens is 1. The number of pyridine rings is 1. The molecule has 0 saturated heterocycles. The van der Waals surface area contributed by atoms with E-state index in [2.05, 4.69) is 65.3 Å². The van der Waals surface area contributed by atoms with Crippen molar-refractivity contribution in [2.75, 3.05) is 38.2 Å². The molecule has 0 fully saturated rings. The van der Waals surface area contributed by atoms with Crippen LogP contribution in [0.1, 0.15) is 46.6 Å². The van der Waals surface area contributed by atoms with Gasteiger partial charge in [0.25, 0.3) is 0 Å². The number of hydrogen-bond acceptors (Lipinski definition) is 4. The van der Waals surface area contributed by atoms with Crippen LogP contribution in [0, 0.1) is 5.92 Å². The summed E-state index contributed by atoms with van der Waals surface area (Å²) in [7, 11) is 1.79. The molecule has 0 bridgehead atoms. The van der Waals surface area contributed by atoms with Gasteiger partial charge in [-0.25, -0.2) is 4.98 Å². The van der Waals surface area contributed by atoms with E-state index < -0.39 is 0 Å². The number of aliphatic imine (C=N–C) groups is 1. The Labute approximate surface area is 182 Å². The number of anilines is 1. The summed E-state index contributed by atoms with van der Waals surface area (Å²) in [4.78, 5) is 11.1. The lowest BCUT2D eigenvalue weighted by atomic mass is 10.0. The summed E-state index contributed by atoms with van der Waals surface area (Å²) in [5.41, 5.74) is 1.14. The van der Waals surface area contributed by atoms with Gasteiger partial charge in [-0.15, -0.1) is 24.0 Å². The lowest BCUT2D eigenvalue weighted by molar-refractivity contribution is 0.0258. The molecule has 0 amide bonds. The molecule has 0 aliphatic heterocycles. The van der Waals surface area contributed by atoms with Crippen molar-refractivity contribution < 1.29 is 4.74 Å². The van der Waals surface area contributed by atoms with Crippen LogP contribution in [-0.2, 0) is 11.3 Å². The Morgan fingerprint density at radius 2 is 1.89 bits per heavy atom. The molecule has 156 valence electrons. The first-order chi connectivity index (χ1) is 12.5. The highest BCUT2D eigenvalue weighted by molar-refractivity contribution is 14.0. The molecule has 1 heterocycles. The third-order valence-electron chi connectivity index (χ3n) is 4.43. The van der Waals surface area contributed by atoms with E-state index in [1.807, 2.05) is 13.1 Å². The molecule has 0 saturated carbocycles. The van der Waals surface area contributed by atoms with E-state index in [1.54, 1.807) is 7.05 Å². The summed E-state index contributed by atoms with van der Waals surface area (Å²) in [5.74, 6) is 2.34. The monoisotopic (exact) mass is 491 g/mol. The average molecular weight is 491 g/mol. The van der Waals surface area contributed by atoms with E-state index in [0.29, 0.717) is 12.5 Å².